The van der Waals surface area contributed by atoms with Crippen molar-refractivity contribution in [3.63, 3.8) is 0 Å². The van der Waals surface area contributed by atoms with Gasteiger partial charge in [0.05, 0.1) is 12.8 Å². The number of nitrogens with zero attached hydrogens (tertiary/aromatic N) is 3. The lowest BCUT2D eigenvalue weighted by Gasteiger charge is -2.04. The zero-order valence-electron chi connectivity index (χ0n) is 11.5. The molecule has 0 saturated carbocycles. The van der Waals surface area contributed by atoms with E-state index in [2.05, 4.69) is 33.3 Å². The van der Waals surface area contributed by atoms with Crippen LogP contribution in [0.25, 0.3) is 32.9 Å². The van der Waals surface area contributed by atoms with Crippen LogP contribution in [0, 0.1) is 0 Å². The SMILES string of the molecule is Cn1cc(-c2ccc3cnc4[nH]cc(CO)c4c3c2)cn1. The van der Waals surface area contributed by atoms with Crippen molar-refractivity contribution in [1.29, 1.82) is 0 Å². The number of aryl methyl sites for hydroxylation is 1. The number of aliphatic hydroxyl groups is 1. The lowest BCUT2D eigenvalue weighted by atomic mass is 10.0. The molecule has 0 spiro atoms. The molecule has 21 heavy (non-hydrogen) atoms. The van der Waals surface area contributed by atoms with Crippen molar-refractivity contribution in [2.45, 2.75) is 6.61 Å². The number of nitrogens with one attached hydrogen (secondary N) is 1. The van der Waals surface area contributed by atoms with Crippen LogP contribution < -0.4 is 0 Å². The Hall–Kier alpha value is -2.66. The molecule has 104 valence electrons. The fraction of sp³-hybridized carbons (Fsp3) is 0.125. The van der Waals surface area contributed by atoms with Crippen LogP contribution in [0.5, 0.6) is 0 Å². The number of hydrogen-bond donors (Lipinski definition) is 2. The van der Waals surface area contributed by atoms with Gasteiger partial charge < -0.3 is 10.1 Å². The van der Waals surface area contributed by atoms with Crippen molar-refractivity contribution in [1.82, 2.24) is 19.7 Å². The molecule has 1 aromatic carbocycles. The largest absolute Gasteiger partial charge is 0.392 e. The van der Waals surface area contributed by atoms with Crippen molar-refractivity contribution in [2.75, 3.05) is 0 Å². The second-order valence-corrected chi connectivity index (χ2v) is 5.16. The predicted octanol–water partition coefficient (Wildman–Crippen LogP) is 2.61. The number of aliphatic hydroxyl groups excluding tert-OH is 1. The highest BCUT2D eigenvalue weighted by atomic mass is 16.3. The van der Waals surface area contributed by atoms with Crippen LogP contribution in [0.3, 0.4) is 0 Å². The van der Waals surface area contributed by atoms with Gasteiger partial charge in [0.25, 0.3) is 0 Å². The minimum absolute atomic E-state index is 0.00207. The number of pyridine rings is 1. The van der Waals surface area contributed by atoms with E-state index in [0.717, 1.165) is 38.5 Å². The molecular weight excluding hydrogens is 264 g/mol. The van der Waals surface area contributed by atoms with Crippen molar-refractivity contribution in [3.05, 3.63) is 48.5 Å². The summed E-state index contributed by atoms with van der Waals surface area (Å²) in [6.45, 7) is -0.00207. The molecule has 4 aromatic rings. The van der Waals surface area contributed by atoms with Crippen LogP contribution in [-0.2, 0) is 13.7 Å². The molecule has 3 aromatic heterocycles. The third-order valence-corrected chi connectivity index (χ3v) is 3.80. The van der Waals surface area contributed by atoms with E-state index in [1.165, 1.54) is 0 Å². The first-order valence-corrected chi connectivity index (χ1v) is 6.75. The van der Waals surface area contributed by atoms with Gasteiger partial charge in [-0.3, -0.25) is 4.68 Å². The molecule has 3 heterocycles. The van der Waals surface area contributed by atoms with Crippen molar-refractivity contribution in [3.8, 4) is 11.1 Å². The lowest BCUT2D eigenvalue weighted by Crippen LogP contribution is -1.85. The normalized spacial score (nSPS) is 11.5. The molecule has 0 fully saturated rings. The fourth-order valence-electron chi connectivity index (χ4n) is 2.75. The number of rotatable bonds is 2. The summed E-state index contributed by atoms with van der Waals surface area (Å²) in [4.78, 5) is 7.51. The zero-order chi connectivity index (χ0) is 14.4. The molecule has 0 aliphatic heterocycles. The first-order chi connectivity index (χ1) is 10.3. The summed E-state index contributed by atoms with van der Waals surface area (Å²) in [5.41, 5.74) is 3.85. The topological polar surface area (TPSA) is 66.7 Å². The van der Waals surface area contributed by atoms with Crippen molar-refractivity contribution < 1.29 is 5.11 Å². The fourth-order valence-corrected chi connectivity index (χ4v) is 2.75. The molecule has 0 bridgehead atoms. The van der Waals surface area contributed by atoms with Gasteiger partial charge in [0.15, 0.2) is 0 Å². The van der Waals surface area contributed by atoms with Gasteiger partial charge in [-0.1, -0.05) is 12.1 Å². The third-order valence-electron chi connectivity index (χ3n) is 3.80. The third kappa shape index (κ3) is 1.82. The maximum absolute atomic E-state index is 9.51. The van der Waals surface area contributed by atoms with E-state index < -0.39 is 0 Å². The average Bonchev–Trinajstić information content (AvgIpc) is 3.12. The Kier molecular flexibility index (Phi) is 2.55. The summed E-state index contributed by atoms with van der Waals surface area (Å²) in [5.74, 6) is 0. The molecule has 5 heteroatoms. The molecule has 0 saturated heterocycles. The van der Waals surface area contributed by atoms with E-state index in [4.69, 9.17) is 0 Å². The monoisotopic (exact) mass is 278 g/mol. The second-order valence-electron chi connectivity index (χ2n) is 5.16. The molecule has 0 atom stereocenters. The number of H-pyrrole nitrogens is 1. The van der Waals surface area contributed by atoms with E-state index in [-0.39, 0.29) is 6.61 Å². The van der Waals surface area contributed by atoms with Crippen LogP contribution in [0.1, 0.15) is 5.56 Å². The van der Waals surface area contributed by atoms with Gasteiger partial charge in [0, 0.05) is 47.5 Å². The smallest absolute Gasteiger partial charge is 0.138 e. The molecule has 0 aliphatic rings. The van der Waals surface area contributed by atoms with Crippen LogP contribution in [-0.4, -0.2) is 24.9 Å². The van der Waals surface area contributed by atoms with E-state index in [9.17, 15) is 5.11 Å². The lowest BCUT2D eigenvalue weighted by molar-refractivity contribution is 0.283. The van der Waals surface area contributed by atoms with Crippen LogP contribution >= 0.6 is 0 Å². The van der Waals surface area contributed by atoms with Crippen LogP contribution in [0.2, 0.25) is 0 Å². The molecule has 5 nitrogen and oxygen atoms in total. The van der Waals surface area contributed by atoms with Gasteiger partial charge in [-0.2, -0.15) is 5.10 Å². The molecular formula is C16H14N4O. The molecule has 4 rings (SSSR count). The Balaban J connectivity index is 2.04. The Labute approximate surface area is 120 Å². The maximum atomic E-state index is 9.51. The van der Waals surface area contributed by atoms with Gasteiger partial charge >= 0.3 is 0 Å². The highest BCUT2D eigenvalue weighted by Gasteiger charge is 2.10. The average molecular weight is 278 g/mol. The van der Waals surface area contributed by atoms with Gasteiger partial charge in [-0.25, -0.2) is 4.98 Å². The Bertz CT molecular complexity index is 951. The Morgan fingerprint density at radius 1 is 1.24 bits per heavy atom. The minimum atomic E-state index is -0.00207. The number of hydrogen-bond acceptors (Lipinski definition) is 3. The summed E-state index contributed by atoms with van der Waals surface area (Å²) >= 11 is 0. The van der Waals surface area contributed by atoms with E-state index in [1.54, 1.807) is 4.68 Å². The summed E-state index contributed by atoms with van der Waals surface area (Å²) in [6.07, 6.45) is 7.50. The summed E-state index contributed by atoms with van der Waals surface area (Å²) in [5, 5.41) is 16.9. The molecule has 2 N–H and O–H groups in total. The highest BCUT2D eigenvalue weighted by Crippen LogP contribution is 2.30. The first kappa shape index (κ1) is 12.1. The van der Waals surface area contributed by atoms with Gasteiger partial charge in [0.2, 0.25) is 0 Å². The maximum Gasteiger partial charge on any atom is 0.138 e. The van der Waals surface area contributed by atoms with Gasteiger partial charge in [0.1, 0.15) is 5.65 Å². The van der Waals surface area contributed by atoms with Crippen LogP contribution in [0.4, 0.5) is 0 Å². The summed E-state index contributed by atoms with van der Waals surface area (Å²) < 4.78 is 1.79. The number of benzene rings is 1. The summed E-state index contributed by atoms with van der Waals surface area (Å²) in [7, 11) is 1.91. The predicted molar refractivity (Wildman–Crippen MR) is 81.7 cm³/mol. The van der Waals surface area contributed by atoms with Gasteiger partial charge in [-0.15, -0.1) is 0 Å². The van der Waals surface area contributed by atoms with E-state index >= 15 is 0 Å². The van der Waals surface area contributed by atoms with Crippen molar-refractivity contribution in [2.24, 2.45) is 7.05 Å². The molecule has 0 aliphatic carbocycles. The number of fused-ring (bicyclic) bond motifs is 3. The van der Waals surface area contributed by atoms with E-state index in [0.29, 0.717) is 0 Å². The zero-order valence-corrected chi connectivity index (χ0v) is 11.5. The Morgan fingerprint density at radius 3 is 2.90 bits per heavy atom. The van der Waals surface area contributed by atoms with E-state index in [1.807, 2.05) is 31.8 Å². The van der Waals surface area contributed by atoms with Crippen molar-refractivity contribution >= 4 is 21.8 Å². The van der Waals surface area contributed by atoms with Gasteiger partial charge in [-0.05, 0) is 17.0 Å². The first-order valence-electron chi connectivity index (χ1n) is 6.75. The quantitative estimate of drug-likeness (QED) is 0.592. The molecule has 0 radical (unpaired) electrons. The Morgan fingerprint density at radius 2 is 2.14 bits per heavy atom. The second kappa shape index (κ2) is 4.43. The highest BCUT2D eigenvalue weighted by molar-refractivity contribution is 6.07. The number of aromatic nitrogens is 4. The standard InChI is InChI=1S/C16H14N4O/c1-20-8-12(7-19-20)10-2-3-11-5-17-16-15(14(11)4-10)13(9-21)6-18-16/h2-8,21H,9H2,1H3,(H,17,18). The summed E-state index contributed by atoms with van der Waals surface area (Å²) in [6, 6.07) is 6.25. The molecule has 0 unspecified atom stereocenters. The minimum Gasteiger partial charge on any atom is -0.392 e. The molecule has 0 amide bonds. The van der Waals surface area contributed by atoms with Crippen LogP contribution in [0.15, 0.2) is 43.0 Å². The number of aromatic amines is 1.